The number of carboxylic acid groups (broad SMARTS) is 1. The van der Waals surface area contributed by atoms with Gasteiger partial charge in [0.15, 0.2) is 0 Å². The fourth-order valence-corrected chi connectivity index (χ4v) is 5.41. The number of amides is 1. The molecule has 1 aromatic carbocycles. The van der Waals surface area contributed by atoms with Crippen LogP contribution in [-0.2, 0) is 9.59 Å². The highest BCUT2D eigenvalue weighted by Gasteiger charge is 2.24. The summed E-state index contributed by atoms with van der Waals surface area (Å²) in [6.45, 7) is 0. The molecule has 8 nitrogen and oxygen atoms in total. The molecule has 3 rings (SSSR count). The monoisotopic (exact) mass is 499 g/mol. The van der Waals surface area contributed by atoms with Crippen molar-refractivity contribution in [3.05, 3.63) is 29.8 Å². The third-order valence-corrected chi connectivity index (χ3v) is 7.35. The van der Waals surface area contributed by atoms with Crippen molar-refractivity contribution in [3.63, 3.8) is 0 Å². The number of aliphatic carboxylic acids is 1. The second-order valence-corrected chi connectivity index (χ2v) is 9.98. The molecule has 2 fully saturated rings. The number of carbonyl (C=O) groups is 2. The first-order chi connectivity index (χ1) is 17.4. The Balaban J connectivity index is 1.78. The van der Waals surface area contributed by atoms with Crippen LogP contribution in [0.5, 0.6) is 11.5 Å². The first-order valence-corrected chi connectivity index (χ1v) is 13.2. The summed E-state index contributed by atoms with van der Waals surface area (Å²) < 4.78 is 11.2. The molecule has 1 unspecified atom stereocenters. The van der Waals surface area contributed by atoms with Gasteiger partial charge in [0.2, 0.25) is 0 Å². The second kappa shape index (κ2) is 13.9. The van der Waals surface area contributed by atoms with E-state index in [-0.39, 0.29) is 18.2 Å². The average molecular weight is 500 g/mol. The molecule has 0 heterocycles. The normalized spacial score (nSPS) is 17.9. The van der Waals surface area contributed by atoms with E-state index in [0.29, 0.717) is 35.1 Å². The summed E-state index contributed by atoms with van der Waals surface area (Å²) in [5, 5.41) is 24.3. The van der Waals surface area contributed by atoms with Crippen LogP contribution in [0.1, 0.15) is 82.6 Å². The third-order valence-electron chi connectivity index (χ3n) is 7.35. The smallest absolute Gasteiger partial charge is 0.305 e. The highest BCUT2D eigenvalue weighted by molar-refractivity contribution is 6.43. The van der Waals surface area contributed by atoms with Gasteiger partial charge < -0.3 is 25.2 Å². The molecule has 0 radical (unpaired) electrons. The van der Waals surface area contributed by atoms with Gasteiger partial charge in [-0.3, -0.25) is 15.0 Å². The highest BCUT2D eigenvalue weighted by atomic mass is 16.5. The number of rotatable bonds is 13. The Morgan fingerprint density at radius 1 is 1.06 bits per heavy atom. The minimum atomic E-state index is -0.951. The first-order valence-electron chi connectivity index (χ1n) is 13.2. The Morgan fingerprint density at radius 2 is 1.67 bits per heavy atom. The van der Waals surface area contributed by atoms with Crippen molar-refractivity contribution >= 4 is 23.3 Å². The Bertz CT molecular complexity index is 911. The molecule has 0 spiro atoms. The molecule has 0 aromatic heterocycles. The summed E-state index contributed by atoms with van der Waals surface area (Å²) in [6, 6.07) is 5.20. The Hall–Kier alpha value is -3.03. The number of methoxy groups -OCH3 is 2. The fourth-order valence-electron chi connectivity index (χ4n) is 5.41. The van der Waals surface area contributed by atoms with E-state index in [2.05, 4.69) is 10.6 Å². The number of benzene rings is 1. The second-order valence-electron chi connectivity index (χ2n) is 9.98. The SMILES string of the molecule is COc1cccc(OC)c1/C(=C/C(=N)C(=O)NC(CCC1CCCCC1)CC(=O)O)NC1CCCC1. The summed E-state index contributed by atoms with van der Waals surface area (Å²) in [4.78, 5) is 24.5. The molecule has 8 heteroatoms. The summed E-state index contributed by atoms with van der Waals surface area (Å²) in [6.07, 6.45) is 13.2. The van der Waals surface area contributed by atoms with E-state index in [1.807, 2.05) is 18.2 Å². The molecule has 1 amide bonds. The van der Waals surface area contributed by atoms with E-state index in [1.54, 1.807) is 14.2 Å². The van der Waals surface area contributed by atoms with E-state index in [4.69, 9.17) is 14.9 Å². The van der Waals surface area contributed by atoms with Gasteiger partial charge in [-0.2, -0.15) is 0 Å². The minimum Gasteiger partial charge on any atom is -0.496 e. The van der Waals surface area contributed by atoms with Crippen molar-refractivity contribution in [1.29, 1.82) is 5.41 Å². The van der Waals surface area contributed by atoms with E-state index in [1.165, 1.54) is 38.2 Å². The van der Waals surface area contributed by atoms with Gasteiger partial charge in [-0.25, -0.2) is 0 Å². The number of nitrogens with one attached hydrogen (secondary N) is 3. The van der Waals surface area contributed by atoms with Gasteiger partial charge in [0.25, 0.3) is 5.91 Å². The van der Waals surface area contributed by atoms with Gasteiger partial charge in [-0.15, -0.1) is 0 Å². The van der Waals surface area contributed by atoms with Gasteiger partial charge in [0.1, 0.15) is 17.2 Å². The molecular weight excluding hydrogens is 458 g/mol. The molecular formula is C28H41N3O5. The summed E-state index contributed by atoms with van der Waals surface area (Å²) in [5.74, 6) is 0.218. The molecule has 1 atom stereocenters. The predicted octanol–water partition coefficient (Wildman–Crippen LogP) is 4.92. The van der Waals surface area contributed by atoms with Gasteiger partial charge in [-0.1, -0.05) is 51.0 Å². The van der Waals surface area contributed by atoms with Gasteiger partial charge in [0.05, 0.1) is 31.9 Å². The molecule has 36 heavy (non-hydrogen) atoms. The van der Waals surface area contributed by atoms with Crippen molar-refractivity contribution in [2.75, 3.05) is 14.2 Å². The lowest BCUT2D eigenvalue weighted by atomic mass is 9.85. The Labute approximate surface area is 214 Å². The molecule has 1 aromatic rings. The third kappa shape index (κ3) is 8.00. The minimum absolute atomic E-state index is 0.150. The average Bonchev–Trinajstić information content (AvgIpc) is 3.39. The zero-order valence-electron chi connectivity index (χ0n) is 21.6. The highest BCUT2D eigenvalue weighted by Crippen LogP contribution is 2.35. The van der Waals surface area contributed by atoms with Crippen LogP contribution in [0.3, 0.4) is 0 Å². The maximum Gasteiger partial charge on any atom is 0.305 e. The zero-order valence-corrected chi connectivity index (χ0v) is 21.6. The molecule has 0 bridgehead atoms. The largest absolute Gasteiger partial charge is 0.496 e. The van der Waals surface area contributed by atoms with Gasteiger partial charge in [0, 0.05) is 12.1 Å². The fraction of sp³-hybridized carbons (Fsp3) is 0.607. The number of hydrogen-bond donors (Lipinski definition) is 4. The van der Waals surface area contributed by atoms with Crippen LogP contribution in [0, 0.1) is 11.3 Å². The number of ether oxygens (including phenoxy) is 2. The van der Waals surface area contributed by atoms with Gasteiger partial charge in [-0.05, 0) is 49.8 Å². The zero-order chi connectivity index (χ0) is 25.9. The van der Waals surface area contributed by atoms with Crippen LogP contribution in [0.4, 0.5) is 0 Å². The van der Waals surface area contributed by atoms with Crippen molar-refractivity contribution in [2.45, 2.75) is 89.1 Å². The van der Waals surface area contributed by atoms with Crippen molar-refractivity contribution in [2.24, 2.45) is 5.92 Å². The maximum atomic E-state index is 13.0. The summed E-state index contributed by atoms with van der Waals surface area (Å²) in [7, 11) is 3.15. The van der Waals surface area contributed by atoms with Crippen molar-refractivity contribution in [1.82, 2.24) is 10.6 Å². The molecule has 0 aliphatic heterocycles. The van der Waals surface area contributed by atoms with Crippen LogP contribution in [-0.4, -0.2) is 49.0 Å². The van der Waals surface area contributed by atoms with Crippen LogP contribution in [0.25, 0.3) is 5.70 Å². The maximum absolute atomic E-state index is 13.0. The Morgan fingerprint density at radius 3 is 2.25 bits per heavy atom. The van der Waals surface area contributed by atoms with Crippen molar-refractivity contribution < 1.29 is 24.2 Å². The number of carboxylic acids is 1. The number of carbonyl (C=O) groups excluding carboxylic acids is 1. The lowest BCUT2D eigenvalue weighted by Gasteiger charge is -2.24. The van der Waals surface area contributed by atoms with E-state index in [0.717, 1.165) is 32.1 Å². The molecule has 2 aliphatic carbocycles. The van der Waals surface area contributed by atoms with Crippen LogP contribution in [0.2, 0.25) is 0 Å². The molecule has 198 valence electrons. The Kier molecular flexibility index (Phi) is 10.6. The molecule has 4 N–H and O–H groups in total. The van der Waals surface area contributed by atoms with Crippen LogP contribution < -0.4 is 20.1 Å². The lowest BCUT2D eigenvalue weighted by molar-refractivity contribution is -0.137. The van der Waals surface area contributed by atoms with Crippen LogP contribution in [0.15, 0.2) is 24.3 Å². The molecule has 0 saturated heterocycles. The van der Waals surface area contributed by atoms with Crippen LogP contribution >= 0.6 is 0 Å². The van der Waals surface area contributed by atoms with Crippen molar-refractivity contribution in [3.8, 4) is 11.5 Å². The summed E-state index contributed by atoms with van der Waals surface area (Å²) in [5.41, 5.74) is 1.01. The molecule has 2 aliphatic rings. The lowest BCUT2D eigenvalue weighted by Crippen LogP contribution is -2.40. The standard InChI is InChI=1S/C28H41N3O5/c1-35-24-13-8-14-25(36-2)27(24)23(30-20-11-6-7-12-20)18-22(29)28(34)31-21(17-26(32)33)16-15-19-9-4-3-5-10-19/h8,13-14,18-21,29-30H,3-7,9-12,15-17H2,1-2H3,(H,31,34)(H,32,33)/b23-18-,29-22?. The predicted molar refractivity (Wildman–Crippen MR) is 141 cm³/mol. The number of hydrogen-bond acceptors (Lipinski definition) is 6. The van der Waals surface area contributed by atoms with E-state index < -0.39 is 17.9 Å². The quantitative estimate of drug-likeness (QED) is 0.286. The van der Waals surface area contributed by atoms with E-state index in [9.17, 15) is 14.7 Å². The summed E-state index contributed by atoms with van der Waals surface area (Å²) >= 11 is 0. The topological polar surface area (TPSA) is 121 Å². The first kappa shape index (κ1) is 27.6. The van der Waals surface area contributed by atoms with Gasteiger partial charge >= 0.3 is 5.97 Å². The van der Waals surface area contributed by atoms with E-state index >= 15 is 0 Å². The molecule has 2 saturated carbocycles.